The van der Waals surface area contributed by atoms with Crippen LogP contribution >= 0.6 is 0 Å². The van der Waals surface area contributed by atoms with Gasteiger partial charge in [-0.25, -0.2) is 4.79 Å². The van der Waals surface area contributed by atoms with E-state index in [0.717, 1.165) is 4.90 Å². The summed E-state index contributed by atoms with van der Waals surface area (Å²) in [5.41, 5.74) is 0.578. The van der Waals surface area contributed by atoms with E-state index in [9.17, 15) is 9.59 Å². The van der Waals surface area contributed by atoms with Gasteiger partial charge in [0.15, 0.2) is 0 Å². The van der Waals surface area contributed by atoms with Gasteiger partial charge in [0.2, 0.25) is 0 Å². The zero-order valence-electron chi connectivity index (χ0n) is 10.0. The molecule has 18 heavy (non-hydrogen) atoms. The molecule has 1 aromatic rings. The number of hydrogen-bond acceptors (Lipinski definition) is 4. The van der Waals surface area contributed by atoms with Crippen molar-refractivity contribution in [3.8, 4) is 0 Å². The Morgan fingerprint density at radius 3 is 2.89 bits per heavy atom. The summed E-state index contributed by atoms with van der Waals surface area (Å²) in [6.45, 7) is 5.18. The fourth-order valence-electron chi connectivity index (χ4n) is 1.32. The van der Waals surface area contributed by atoms with Crippen LogP contribution in [0.1, 0.15) is 11.5 Å². The van der Waals surface area contributed by atoms with E-state index in [2.05, 4.69) is 17.1 Å². The number of carbonyl (C=O) groups excluding carboxylic acids is 1. The van der Waals surface area contributed by atoms with Crippen molar-refractivity contribution in [3.05, 3.63) is 30.2 Å². The van der Waals surface area contributed by atoms with E-state index in [1.165, 1.54) is 6.08 Å². The molecule has 0 saturated carbocycles. The number of carbonyl (C=O) groups is 2. The number of aliphatic carboxylic acids is 1. The molecular formula is C11H15N3O4. The lowest BCUT2D eigenvalue weighted by atomic mass is 10.4. The highest BCUT2D eigenvalue weighted by Gasteiger charge is 2.15. The Morgan fingerprint density at radius 1 is 1.67 bits per heavy atom. The number of nitrogens with zero attached hydrogens (tertiary/aromatic N) is 2. The highest BCUT2D eigenvalue weighted by Crippen LogP contribution is 2.01. The van der Waals surface area contributed by atoms with E-state index >= 15 is 0 Å². The van der Waals surface area contributed by atoms with Crippen molar-refractivity contribution in [3.63, 3.8) is 0 Å². The van der Waals surface area contributed by atoms with Crippen molar-refractivity contribution >= 4 is 12.0 Å². The zero-order valence-corrected chi connectivity index (χ0v) is 10.0. The number of rotatable bonds is 6. The third-order valence-electron chi connectivity index (χ3n) is 2.06. The lowest BCUT2D eigenvalue weighted by Crippen LogP contribution is -2.42. The molecule has 2 amide bonds. The molecule has 0 atom stereocenters. The van der Waals surface area contributed by atoms with Crippen molar-refractivity contribution in [2.45, 2.75) is 13.5 Å². The summed E-state index contributed by atoms with van der Waals surface area (Å²) in [6, 6.07) is 1.20. The minimum absolute atomic E-state index is 0.163. The van der Waals surface area contributed by atoms with Gasteiger partial charge in [0.1, 0.15) is 18.0 Å². The predicted molar refractivity (Wildman–Crippen MR) is 62.9 cm³/mol. The maximum absolute atomic E-state index is 11.7. The van der Waals surface area contributed by atoms with Crippen LogP contribution in [0.2, 0.25) is 0 Å². The van der Waals surface area contributed by atoms with Crippen molar-refractivity contribution < 1.29 is 19.2 Å². The number of urea groups is 1. The Bertz CT molecular complexity index is 441. The maximum Gasteiger partial charge on any atom is 0.323 e. The van der Waals surface area contributed by atoms with Gasteiger partial charge in [-0.2, -0.15) is 0 Å². The van der Waals surface area contributed by atoms with Gasteiger partial charge in [0.25, 0.3) is 0 Å². The first-order valence-corrected chi connectivity index (χ1v) is 5.30. The lowest BCUT2D eigenvalue weighted by molar-refractivity contribution is -0.137. The van der Waals surface area contributed by atoms with E-state index in [4.69, 9.17) is 9.63 Å². The number of hydrogen-bond donors (Lipinski definition) is 2. The molecule has 2 N–H and O–H groups in total. The van der Waals surface area contributed by atoms with Crippen LogP contribution in [0.15, 0.2) is 23.2 Å². The lowest BCUT2D eigenvalue weighted by Gasteiger charge is -2.18. The average molecular weight is 253 g/mol. The summed E-state index contributed by atoms with van der Waals surface area (Å²) in [5, 5.41) is 14.9. The van der Waals surface area contributed by atoms with Crippen molar-refractivity contribution in [1.82, 2.24) is 15.4 Å². The number of carboxylic acid groups (broad SMARTS) is 1. The second-order valence-electron chi connectivity index (χ2n) is 3.65. The van der Waals surface area contributed by atoms with E-state index < -0.39 is 12.0 Å². The molecular weight excluding hydrogens is 238 g/mol. The van der Waals surface area contributed by atoms with Gasteiger partial charge >= 0.3 is 12.0 Å². The fraction of sp³-hybridized carbons (Fsp3) is 0.364. The highest BCUT2D eigenvalue weighted by molar-refractivity contribution is 5.80. The fourth-order valence-corrected chi connectivity index (χ4v) is 1.32. The molecule has 0 unspecified atom stereocenters. The van der Waals surface area contributed by atoms with Gasteiger partial charge < -0.3 is 19.8 Å². The smallest absolute Gasteiger partial charge is 0.323 e. The van der Waals surface area contributed by atoms with Crippen LogP contribution < -0.4 is 5.32 Å². The summed E-state index contributed by atoms with van der Waals surface area (Å²) in [5.74, 6) is -0.433. The topological polar surface area (TPSA) is 95.7 Å². The predicted octanol–water partition coefficient (Wildman–Crippen LogP) is 0.765. The molecule has 7 nitrogen and oxygen atoms in total. The quantitative estimate of drug-likeness (QED) is 0.730. The first-order valence-electron chi connectivity index (χ1n) is 5.30. The molecule has 98 valence electrons. The second kappa shape index (κ2) is 6.43. The molecule has 0 fully saturated rings. The maximum atomic E-state index is 11.7. The Kier molecular flexibility index (Phi) is 4.91. The van der Waals surface area contributed by atoms with E-state index in [1.54, 1.807) is 13.0 Å². The minimum atomic E-state index is -1.08. The van der Waals surface area contributed by atoms with Crippen LogP contribution in [0.3, 0.4) is 0 Å². The Labute approximate surface area is 104 Å². The second-order valence-corrected chi connectivity index (χ2v) is 3.65. The van der Waals surface area contributed by atoms with Gasteiger partial charge in [-0.1, -0.05) is 11.2 Å². The number of amides is 2. The largest absolute Gasteiger partial charge is 0.480 e. The average Bonchev–Trinajstić information content (AvgIpc) is 2.71. The normalized spacial score (nSPS) is 9.83. The SMILES string of the molecule is C=CCN(CC(=O)O)C(=O)NCc1cc(C)on1. The molecule has 0 bridgehead atoms. The standard InChI is InChI=1S/C11H15N3O4/c1-3-4-14(7-10(15)16)11(17)12-6-9-5-8(2)18-13-9/h3,5H,1,4,6-7H2,2H3,(H,12,17)(H,15,16). The van der Waals surface area contributed by atoms with Gasteiger partial charge in [-0.15, -0.1) is 6.58 Å². The number of nitrogens with one attached hydrogen (secondary N) is 1. The molecule has 0 radical (unpaired) electrons. The first-order chi connectivity index (χ1) is 8.52. The molecule has 1 heterocycles. The Morgan fingerprint density at radius 2 is 2.39 bits per heavy atom. The minimum Gasteiger partial charge on any atom is -0.480 e. The molecule has 0 saturated heterocycles. The highest BCUT2D eigenvalue weighted by atomic mass is 16.5. The monoisotopic (exact) mass is 253 g/mol. The van der Waals surface area contributed by atoms with Crippen molar-refractivity contribution in [2.24, 2.45) is 0 Å². The molecule has 0 aromatic carbocycles. The van der Waals surface area contributed by atoms with Gasteiger partial charge in [-0.3, -0.25) is 4.79 Å². The van der Waals surface area contributed by atoms with Crippen LogP contribution in [-0.4, -0.2) is 40.3 Å². The van der Waals surface area contributed by atoms with E-state index in [0.29, 0.717) is 11.5 Å². The third-order valence-corrected chi connectivity index (χ3v) is 2.06. The summed E-state index contributed by atoms with van der Waals surface area (Å²) in [7, 11) is 0. The first kappa shape index (κ1) is 13.8. The van der Waals surface area contributed by atoms with Gasteiger partial charge in [0.05, 0.1) is 6.54 Å². The number of carboxylic acids is 1. The van der Waals surface area contributed by atoms with Crippen molar-refractivity contribution in [1.29, 1.82) is 0 Å². The number of aryl methyl sites for hydroxylation is 1. The molecule has 0 aliphatic rings. The molecule has 0 aliphatic heterocycles. The third kappa shape index (κ3) is 4.28. The molecule has 1 rings (SSSR count). The van der Waals surface area contributed by atoms with Crippen LogP contribution in [0.4, 0.5) is 4.79 Å². The van der Waals surface area contributed by atoms with Gasteiger partial charge in [-0.05, 0) is 6.92 Å². The zero-order chi connectivity index (χ0) is 13.5. The summed E-state index contributed by atoms with van der Waals surface area (Å²) in [4.78, 5) is 23.4. The molecule has 0 aliphatic carbocycles. The molecule has 7 heteroatoms. The number of aromatic nitrogens is 1. The van der Waals surface area contributed by atoms with Crippen LogP contribution in [0.25, 0.3) is 0 Å². The van der Waals surface area contributed by atoms with E-state index in [-0.39, 0.29) is 19.6 Å². The summed E-state index contributed by atoms with van der Waals surface area (Å²) in [6.07, 6.45) is 1.46. The summed E-state index contributed by atoms with van der Waals surface area (Å²) < 4.78 is 4.84. The van der Waals surface area contributed by atoms with Crippen LogP contribution in [0, 0.1) is 6.92 Å². The van der Waals surface area contributed by atoms with Crippen LogP contribution in [-0.2, 0) is 11.3 Å². The molecule has 0 spiro atoms. The van der Waals surface area contributed by atoms with Crippen LogP contribution in [0.5, 0.6) is 0 Å². The van der Waals surface area contributed by atoms with E-state index in [1.807, 2.05) is 0 Å². The Hall–Kier alpha value is -2.31. The van der Waals surface area contributed by atoms with Crippen molar-refractivity contribution in [2.75, 3.05) is 13.1 Å². The van der Waals surface area contributed by atoms with Gasteiger partial charge in [0, 0.05) is 12.6 Å². The summed E-state index contributed by atoms with van der Waals surface area (Å²) >= 11 is 0. The Balaban J connectivity index is 2.50. The molecule has 1 aromatic heterocycles.